The van der Waals surface area contributed by atoms with Gasteiger partial charge in [-0.05, 0) is 35.0 Å². The molecule has 0 saturated carbocycles. The highest BCUT2D eigenvalue weighted by atomic mass is 79.9. The Kier molecular flexibility index (Phi) is 3.36. The standard InChI is InChI=1S/C12H7BrFN3O2/c1-6-8(12(18)19)5-17(16-6)9-3-2-7(4-15)10(13)11(9)14/h2-3,5H,1H3,(H,18,19). The van der Waals surface area contributed by atoms with Crippen molar-refractivity contribution in [3.8, 4) is 11.8 Å². The second-order valence-corrected chi connectivity index (χ2v) is 4.54. The number of carboxylic acids is 1. The first kappa shape index (κ1) is 13.2. The summed E-state index contributed by atoms with van der Waals surface area (Å²) in [5.41, 5.74) is 0.511. The minimum Gasteiger partial charge on any atom is -0.478 e. The van der Waals surface area contributed by atoms with Crippen molar-refractivity contribution in [2.75, 3.05) is 0 Å². The molecule has 0 bridgehead atoms. The Bertz CT molecular complexity index is 718. The van der Waals surface area contributed by atoms with Crippen molar-refractivity contribution in [1.29, 1.82) is 5.26 Å². The molecular formula is C12H7BrFN3O2. The molecular weight excluding hydrogens is 317 g/mol. The lowest BCUT2D eigenvalue weighted by Crippen LogP contribution is -2.00. The zero-order chi connectivity index (χ0) is 14.2. The van der Waals surface area contributed by atoms with Crippen LogP contribution in [0.15, 0.2) is 22.8 Å². The van der Waals surface area contributed by atoms with Crippen LogP contribution in [0.25, 0.3) is 5.69 Å². The molecule has 0 amide bonds. The number of aromatic carboxylic acids is 1. The molecule has 19 heavy (non-hydrogen) atoms. The minimum atomic E-state index is -1.13. The van der Waals surface area contributed by atoms with Crippen LogP contribution >= 0.6 is 15.9 Å². The molecule has 5 nitrogen and oxygen atoms in total. The fourth-order valence-corrected chi connectivity index (χ4v) is 2.02. The highest BCUT2D eigenvalue weighted by molar-refractivity contribution is 9.10. The Balaban J connectivity index is 2.61. The number of aromatic nitrogens is 2. The molecule has 1 heterocycles. The molecule has 2 rings (SSSR count). The van der Waals surface area contributed by atoms with Crippen molar-refractivity contribution in [3.63, 3.8) is 0 Å². The van der Waals surface area contributed by atoms with E-state index >= 15 is 0 Å². The van der Waals surface area contributed by atoms with Gasteiger partial charge in [-0.1, -0.05) is 0 Å². The topological polar surface area (TPSA) is 78.9 Å². The van der Waals surface area contributed by atoms with Gasteiger partial charge in [-0.25, -0.2) is 13.9 Å². The number of halogens is 2. The van der Waals surface area contributed by atoms with E-state index in [4.69, 9.17) is 10.4 Å². The first-order chi connectivity index (χ1) is 8.95. The summed E-state index contributed by atoms with van der Waals surface area (Å²) in [7, 11) is 0. The van der Waals surface area contributed by atoms with Crippen molar-refractivity contribution in [1.82, 2.24) is 9.78 Å². The summed E-state index contributed by atoms with van der Waals surface area (Å²) in [5.74, 6) is -1.80. The second kappa shape index (κ2) is 4.82. The number of rotatable bonds is 2. The zero-order valence-electron chi connectivity index (χ0n) is 9.69. The van der Waals surface area contributed by atoms with E-state index in [1.54, 1.807) is 0 Å². The molecule has 0 saturated heterocycles. The van der Waals surface area contributed by atoms with Crippen molar-refractivity contribution >= 4 is 21.9 Å². The SMILES string of the molecule is Cc1nn(-c2ccc(C#N)c(Br)c2F)cc1C(=O)O. The van der Waals surface area contributed by atoms with Crippen LogP contribution in [0.1, 0.15) is 21.6 Å². The van der Waals surface area contributed by atoms with Crippen LogP contribution in [-0.2, 0) is 0 Å². The van der Waals surface area contributed by atoms with Crippen LogP contribution in [0.2, 0.25) is 0 Å². The van der Waals surface area contributed by atoms with E-state index in [9.17, 15) is 9.18 Å². The summed E-state index contributed by atoms with van der Waals surface area (Å²) in [6, 6.07) is 4.64. The molecule has 7 heteroatoms. The Morgan fingerprint density at radius 3 is 2.79 bits per heavy atom. The van der Waals surface area contributed by atoms with E-state index in [-0.39, 0.29) is 27.0 Å². The third-order valence-corrected chi connectivity index (χ3v) is 3.33. The molecule has 0 unspecified atom stereocenters. The Morgan fingerprint density at radius 2 is 2.26 bits per heavy atom. The number of nitrogens with zero attached hydrogens (tertiary/aromatic N) is 3. The smallest absolute Gasteiger partial charge is 0.339 e. The average molecular weight is 324 g/mol. The molecule has 96 valence electrons. The normalized spacial score (nSPS) is 10.2. The number of benzene rings is 1. The lowest BCUT2D eigenvalue weighted by Gasteiger charge is -2.05. The zero-order valence-corrected chi connectivity index (χ0v) is 11.3. The van der Waals surface area contributed by atoms with E-state index in [0.29, 0.717) is 0 Å². The summed E-state index contributed by atoms with van der Waals surface area (Å²) in [5, 5.41) is 21.7. The summed E-state index contributed by atoms with van der Waals surface area (Å²) in [4.78, 5) is 10.9. The van der Waals surface area contributed by atoms with E-state index < -0.39 is 11.8 Å². The molecule has 0 atom stereocenters. The van der Waals surface area contributed by atoms with Gasteiger partial charge in [0.2, 0.25) is 0 Å². The molecule has 0 aliphatic rings. The van der Waals surface area contributed by atoms with E-state index in [2.05, 4.69) is 21.0 Å². The van der Waals surface area contributed by atoms with Gasteiger partial charge < -0.3 is 5.11 Å². The highest BCUT2D eigenvalue weighted by Gasteiger charge is 2.17. The lowest BCUT2D eigenvalue weighted by molar-refractivity contribution is 0.0696. The quantitative estimate of drug-likeness (QED) is 0.921. The maximum atomic E-state index is 14.1. The Morgan fingerprint density at radius 1 is 1.58 bits per heavy atom. The fraction of sp³-hybridized carbons (Fsp3) is 0.0833. The van der Waals surface area contributed by atoms with Gasteiger partial charge in [0.1, 0.15) is 17.3 Å². The van der Waals surface area contributed by atoms with Crippen molar-refractivity contribution in [2.45, 2.75) is 6.92 Å². The lowest BCUT2D eigenvalue weighted by atomic mass is 10.2. The molecule has 0 aliphatic heterocycles. The van der Waals surface area contributed by atoms with Crippen LogP contribution in [-0.4, -0.2) is 20.9 Å². The molecule has 1 aromatic carbocycles. The number of hydrogen-bond donors (Lipinski definition) is 1. The van der Waals surface area contributed by atoms with Gasteiger partial charge in [0, 0.05) is 6.20 Å². The molecule has 0 radical (unpaired) electrons. The van der Waals surface area contributed by atoms with Gasteiger partial charge in [-0.2, -0.15) is 10.4 Å². The summed E-state index contributed by atoms with van der Waals surface area (Å²) in [6.45, 7) is 1.52. The van der Waals surface area contributed by atoms with Crippen LogP contribution in [0.4, 0.5) is 4.39 Å². The van der Waals surface area contributed by atoms with E-state index in [1.807, 2.05) is 6.07 Å². The highest BCUT2D eigenvalue weighted by Crippen LogP contribution is 2.26. The van der Waals surface area contributed by atoms with Crippen LogP contribution in [0, 0.1) is 24.1 Å². The first-order valence-corrected chi connectivity index (χ1v) is 5.93. The number of carboxylic acid groups (broad SMARTS) is 1. The van der Waals surface area contributed by atoms with E-state index in [1.165, 1.54) is 25.3 Å². The largest absolute Gasteiger partial charge is 0.478 e. The van der Waals surface area contributed by atoms with Gasteiger partial charge in [-0.3, -0.25) is 0 Å². The van der Waals surface area contributed by atoms with Gasteiger partial charge in [-0.15, -0.1) is 0 Å². The molecule has 1 N–H and O–H groups in total. The van der Waals surface area contributed by atoms with Crippen molar-refractivity contribution in [2.24, 2.45) is 0 Å². The average Bonchev–Trinajstić information content (AvgIpc) is 2.74. The maximum Gasteiger partial charge on any atom is 0.339 e. The third-order valence-electron chi connectivity index (χ3n) is 2.56. The summed E-state index contributed by atoms with van der Waals surface area (Å²) < 4.78 is 15.2. The Hall–Kier alpha value is -2.20. The number of hydrogen-bond acceptors (Lipinski definition) is 3. The maximum absolute atomic E-state index is 14.1. The molecule has 0 spiro atoms. The van der Waals surface area contributed by atoms with E-state index in [0.717, 1.165) is 4.68 Å². The monoisotopic (exact) mass is 323 g/mol. The van der Waals surface area contributed by atoms with Crippen LogP contribution in [0.5, 0.6) is 0 Å². The van der Waals surface area contributed by atoms with Gasteiger partial charge >= 0.3 is 5.97 Å². The van der Waals surface area contributed by atoms with Gasteiger partial charge in [0.15, 0.2) is 5.82 Å². The van der Waals surface area contributed by atoms with Crippen molar-refractivity contribution < 1.29 is 14.3 Å². The molecule has 1 aromatic heterocycles. The third kappa shape index (κ3) is 2.22. The van der Waals surface area contributed by atoms with Crippen LogP contribution < -0.4 is 0 Å². The summed E-state index contributed by atoms with van der Waals surface area (Å²) in [6.07, 6.45) is 1.23. The number of carbonyl (C=O) groups is 1. The second-order valence-electron chi connectivity index (χ2n) is 3.75. The predicted molar refractivity (Wildman–Crippen MR) is 67.6 cm³/mol. The van der Waals surface area contributed by atoms with Crippen LogP contribution in [0.3, 0.4) is 0 Å². The number of aryl methyl sites for hydroxylation is 1. The summed E-state index contributed by atoms with van der Waals surface area (Å²) >= 11 is 2.99. The van der Waals surface area contributed by atoms with Gasteiger partial charge in [0.25, 0.3) is 0 Å². The molecule has 0 fully saturated rings. The predicted octanol–water partition coefficient (Wildman–Crippen LogP) is 2.65. The Labute approximate surface area is 116 Å². The first-order valence-electron chi connectivity index (χ1n) is 5.13. The molecule has 2 aromatic rings. The minimum absolute atomic E-state index is 0.000109. The molecule has 0 aliphatic carbocycles. The fourth-order valence-electron chi connectivity index (χ4n) is 1.60. The van der Waals surface area contributed by atoms with Gasteiger partial charge in [0.05, 0.1) is 15.7 Å². The van der Waals surface area contributed by atoms with Crippen molar-refractivity contribution in [3.05, 3.63) is 45.4 Å². The number of nitriles is 1.